The average Bonchev–Trinajstić information content (AvgIpc) is 2.96. The highest BCUT2D eigenvalue weighted by molar-refractivity contribution is 5.94. The fourth-order valence-electron chi connectivity index (χ4n) is 2.46. The monoisotopic (exact) mass is 281 g/mol. The molecule has 0 saturated carbocycles. The van der Waals surface area contributed by atoms with Crippen LogP contribution in [0.3, 0.4) is 0 Å². The van der Waals surface area contributed by atoms with E-state index in [1.165, 1.54) is 0 Å². The summed E-state index contributed by atoms with van der Waals surface area (Å²) in [5.41, 5.74) is 1.07. The number of benzene rings is 1. The van der Waals surface area contributed by atoms with Gasteiger partial charge in [-0.3, -0.25) is 4.79 Å². The molecule has 0 spiro atoms. The van der Waals surface area contributed by atoms with Crippen LogP contribution < -0.4 is 5.32 Å². The summed E-state index contributed by atoms with van der Waals surface area (Å²) >= 11 is 0. The van der Waals surface area contributed by atoms with Crippen molar-refractivity contribution in [3.63, 3.8) is 0 Å². The van der Waals surface area contributed by atoms with Gasteiger partial charge in [0.25, 0.3) is 5.91 Å². The van der Waals surface area contributed by atoms with Crippen LogP contribution in [0.2, 0.25) is 0 Å². The number of aromatic nitrogens is 3. The SMILES string of the molecule is N#Cc1ccc(C(=O)NCc2nnc3n2CCCC3)cc1. The highest BCUT2D eigenvalue weighted by atomic mass is 16.1. The van der Waals surface area contributed by atoms with Crippen LogP contribution >= 0.6 is 0 Å². The molecule has 1 amide bonds. The first-order valence-electron chi connectivity index (χ1n) is 6.97. The molecule has 1 aliphatic rings. The topological polar surface area (TPSA) is 83.6 Å². The molecule has 106 valence electrons. The first-order valence-corrected chi connectivity index (χ1v) is 6.97. The molecule has 6 nitrogen and oxygen atoms in total. The van der Waals surface area contributed by atoms with Crippen molar-refractivity contribution >= 4 is 5.91 Å². The maximum atomic E-state index is 12.1. The number of nitriles is 1. The number of hydrogen-bond donors (Lipinski definition) is 1. The Bertz CT molecular complexity index is 696. The molecule has 2 heterocycles. The van der Waals surface area contributed by atoms with Crippen LogP contribution in [0.5, 0.6) is 0 Å². The summed E-state index contributed by atoms with van der Waals surface area (Å²) < 4.78 is 2.09. The van der Waals surface area contributed by atoms with Gasteiger partial charge >= 0.3 is 0 Å². The first kappa shape index (κ1) is 13.3. The quantitative estimate of drug-likeness (QED) is 0.922. The van der Waals surface area contributed by atoms with Gasteiger partial charge < -0.3 is 9.88 Å². The number of fused-ring (bicyclic) bond motifs is 1. The zero-order valence-corrected chi connectivity index (χ0v) is 11.5. The Morgan fingerprint density at radius 3 is 2.86 bits per heavy atom. The van der Waals surface area contributed by atoms with E-state index in [2.05, 4.69) is 20.1 Å². The molecule has 0 bridgehead atoms. The van der Waals surface area contributed by atoms with Gasteiger partial charge in [-0.15, -0.1) is 10.2 Å². The van der Waals surface area contributed by atoms with Gasteiger partial charge in [-0.25, -0.2) is 0 Å². The second-order valence-electron chi connectivity index (χ2n) is 5.01. The number of nitrogens with zero attached hydrogens (tertiary/aromatic N) is 4. The molecule has 1 N–H and O–H groups in total. The van der Waals surface area contributed by atoms with Gasteiger partial charge in [0, 0.05) is 18.5 Å². The molecule has 0 fully saturated rings. The lowest BCUT2D eigenvalue weighted by Gasteiger charge is -2.14. The number of carbonyl (C=O) groups is 1. The molecule has 1 aromatic heterocycles. The average molecular weight is 281 g/mol. The number of nitrogens with one attached hydrogen (secondary N) is 1. The highest BCUT2D eigenvalue weighted by Gasteiger charge is 2.16. The van der Waals surface area contributed by atoms with Crippen molar-refractivity contribution in [2.24, 2.45) is 0 Å². The Labute approximate surface area is 122 Å². The molecule has 0 saturated heterocycles. The maximum Gasteiger partial charge on any atom is 0.251 e. The van der Waals surface area contributed by atoms with E-state index < -0.39 is 0 Å². The van der Waals surface area contributed by atoms with E-state index in [0.717, 1.165) is 37.5 Å². The van der Waals surface area contributed by atoms with Crippen molar-refractivity contribution in [1.82, 2.24) is 20.1 Å². The molecule has 3 rings (SSSR count). The summed E-state index contributed by atoms with van der Waals surface area (Å²) in [6.07, 6.45) is 3.23. The van der Waals surface area contributed by atoms with Crippen molar-refractivity contribution in [3.05, 3.63) is 47.0 Å². The third kappa shape index (κ3) is 2.77. The van der Waals surface area contributed by atoms with Crippen molar-refractivity contribution in [2.45, 2.75) is 32.4 Å². The Morgan fingerprint density at radius 1 is 1.29 bits per heavy atom. The lowest BCUT2D eigenvalue weighted by atomic mass is 10.1. The number of carbonyl (C=O) groups excluding carboxylic acids is 1. The van der Waals surface area contributed by atoms with E-state index in [0.29, 0.717) is 17.7 Å². The molecule has 6 heteroatoms. The largest absolute Gasteiger partial charge is 0.345 e. The second kappa shape index (κ2) is 5.75. The zero-order valence-electron chi connectivity index (χ0n) is 11.5. The molecule has 1 aliphatic heterocycles. The van der Waals surface area contributed by atoms with Crippen LogP contribution in [0, 0.1) is 11.3 Å². The minimum Gasteiger partial charge on any atom is -0.345 e. The lowest BCUT2D eigenvalue weighted by Crippen LogP contribution is -2.25. The van der Waals surface area contributed by atoms with Crippen LogP contribution in [-0.2, 0) is 19.5 Å². The van der Waals surface area contributed by atoms with Crippen LogP contribution in [0.1, 0.15) is 40.4 Å². The van der Waals surface area contributed by atoms with E-state index in [1.54, 1.807) is 24.3 Å². The van der Waals surface area contributed by atoms with Gasteiger partial charge in [-0.1, -0.05) is 0 Å². The van der Waals surface area contributed by atoms with Crippen LogP contribution in [0.25, 0.3) is 0 Å². The minimum absolute atomic E-state index is 0.173. The van der Waals surface area contributed by atoms with Crippen LogP contribution in [-0.4, -0.2) is 20.7 Å². The summed E-state index contributed by atoms with van der Waals surface area (Å²) in [5, 5.41) is 19.9. The van der Waals surface area contributed by atoms with Gasteiger partial charge in [-0.05, 0) is 37.1 Å². The Morgan fingerprint density at radius 2 is 2.10 bits per heavy atom. The van der Waals surface area contributed by atoms with Crippen LogP contribution in [0.15, 0.2) is 24.3 Å². The molecule has 2 aromatic rings. The van der Waals surface area contributed by atoms with Crippen molar-refractivity contribution in [3.8, 4) is 6.07 Å². The van der Waals surface area contributed by atoms with Gasteiger partial charge in [-0.2, -0.15) is 5.26 Å². The van der Waals surface area contributed by atoms with Crippen LogP contribution in [0.4, 0.5) is 0 Å². The number of aryl methyl sites for hydroxylation is 1. The van der Waals surface area contributed by atoms with E-state index in [4.69, 9.17) is 5.26 Å². The Balaban J connectivity index is 1.65. The zero-order chi connectivity index (χ0) is 14.7. The number of hydrogen-bond acceptors (Lipinski definition) is 4. The van der Waals surface area contributed by atoms with E-state index in [-0.39, 0.29) is 5.91 Å². The summed E-state index contributed by atoms with van der Waals surface area (Å²) in [7, 11) is 0. The third-order valence-electron chi connectivity index (χ3n) is 3.62. The molecule has 21 heavy (non-hydrogen) atoms. The predicted octanol–water partition coefficient (Wildman–Crippen LogP) is 1.42. The Kier molecular flexibility index (Phi) is 3.65. The molecule has 0 aliphatic carbocycles. The maximum absolute atomic E-state index is 12.1. The molecule has 0 atom stereocenters. The van der Waals surface area contributed by atoms with Gasteiger partial charge in [0.2, 0.25) is 0 Å². The lowest BCUT2D eigenvalue weighted by molar-refractivity contribution is 0.0949. The molecule has 0 radical (unpaired) electrons. The normalized spacial score (nSPS) is 13.3. The van der Waals surface area contributed by atoms with Gasteiger partial charge in [0.05, 0.1) is 18.2 Å². The van der Waals surface area contributed by atoms with Crippen molar-refractivity contribution < 1.29 is 4.79 Å². The van der Waals surface area contributed by atoms with Gasteiger partial charge in [0.1, 0.15) is 5.82 Å². The smallest absolute Gasteiger partial charge is 0.251 e. The van der Waals surface area contributed by atoms with Crippen molar-refractivity contribution in [2.75, 3.05) is 0 Å². The first-order chi connectivity index (χ1) is 10.3. The van der Waals surface area contributed by atoms with E-state index in [1.807, 2.05) is 6.07 Å². The summed E-state index contributed by atoms with van der Waals surface area (Å²) in [5.74, 6) is 1.63. The number of amides is 1. The minimum atomic E-state index is -0.173. The molecule has 0 unspecified atom stereocenters. The molecular weight excluding hydrogens is 266 g/mol. The molecule has 1 aromatic carbocycles. The number of rotatable bonds is 3. The fourth-order valence-corrected chi connectivity index (χ4v) is 2.46. The standard InChI is InChI=1S/C15H15N5O/c16-9-11-4-6-12(7-5-11)15(21)17-10-14-19-18-13-3-1-2-8-20(13)14/h4-7H,1-3,8,10H2,(H,17,21). The predicted molar refractivity (Wildman–Crippen MR) is 75.3 cm³/mol. The second-order valence-corrected chi connectivity index (χ2v) is 5.01. The van der Waals surface area contributed by atoms with Crippen molar-refractivity contribution in [1.29, 1.82) is 5.26 Å². The third-order valence-corrected chi connectivity index (χ3v) is 3.62. The summed E-state index contributed by atoms with van der Waals surface area (Å²) in [6, 6.07) is 8.59. The summed E-state index contributed by atoms with van der Waals surface area (Å²) in [4.78, 5) is 12.1. The molecular formula is C15H15N5O. The summed E-state index contributed by atoms with van der Waals surface area (Å²) in [6.45, 7) is 1.29. The van der Waals surface area contributed by atoms with Gasteiger partial charge in [0.15, 0.2) is 5.82 Å². The fraction of sp³-hybridized carbons (Fsp3) is 0.333. The van der Waals surface area contributed by atoms with E-state index in [9.17, 15) is 4.79 Å². The van der Waals surface area contributed by atoms with E-state index >= 15 is 0 Å². The highest BCUT2D eigenvalue weighted by Crippen LogP contribution is 2.14. The Hall–Kier alpha value is -2.68.